The van der Waals surface area contributed by atoms with Gasteiger partial charge in [-0.25, -0.2) is 0 Å². The zero-order valence-electron chi connectivity index (χ0n) is 12.0. The summed E-state index contributed by atoms with van der Waals surface area (Å²) in [7, 11) is 1.35. The summed E-state index contributed by atoms with van der Waals surface area (Å²) >= 11 is 7.81. The average molecular weight is 348 g/mol. The summed E-state index contributed by atoms with van der Waals surface area (Å²) in [4.78, 5) is 11.0. The highest BCUT2D eigenvalue weighted by atomic mass is 35.5. The van der Waals surface area contributed by atoms with E-state index in [9.17, 15) is 4.79 Å². The van der Waals surface area contributed by atoms with Crippen LogP contribution >= 0.6 is 35.3 Å². The van der Waals surface area contributed by atoms with Crippen LogP contribution in [0.4, 0.5) is 5.69 Å². The van der Waals surface area contributed by atoms with E-state index in [4.69, 9.17) is 11.6 Å². The summed E-state index contributed by atoms with van der Waals surface area (Å²) in [6, 6.07) is 12.0. The van der Waals surface area contributed by atoms with E-state index in [-0.39, 0.29) is 18.4 Å². The summed E-state index contributed by atoms with van der Waals surface area (Å²) in [5, 5.41) is 6.21. The van der Waals surface area contributed by atoms with Crippen LogP contribution in [-0.2, 0) is 16.0 Å². The molecule has 3 nitrogen and oxygen atoms in total. The second kappa shape index (κ2) is 11.4. The Morgan fingerprint density at radius 1 is 1.29 bits per heavy atom. The molecular weight excluding hydrogens is 329 g/mol. The van der Waals surface area contributed by atoms with E-state index in [1.807, 2.05) is 24.3 Å². The van der Waals surface area contributed by atoms with Crippen LogP contribution in [0.25, 0.3) is 0 Å². The fourth-order valence-corrected chi connectivity index (χ4v) is 2.29. The maximum absolute atomic E-state index is 9.59. The predicted molar refractivity (Wildman–Crippen MR) is 92.9 cm³/mol. The highest BCUT2D eigenvalue weighted by molar-refractivity contribution is 7.09. The van der Waals surface area contributed by atoms with Crippen molar-refractivity contribution in [3.05, 3.63) is 51.7 Å². The van der Waals surface area contributed by atoms with Crippen molar-refractivity contribution in [2.75, 3.05) is 19.0 Å². The molecule has 0 saturated heterocycles. The third kappa shape index (κ3) is 8.60. The zero-order chi connectivity index (χ0) is 14.8. The normalized spacial score (nSPS) is 8.90. The number of esters is 1. The minimum atomic E-state index is -0.245. The van der Waals surface area contributed by atoms with Crippen LogP contribution in [0.5, 0.6) is 0 Å². The van der Waals surface area contributed by atoms with Crippen LogP contribution in [0.2, 0.25) is 5.02 Å². The first kappa shape index (κ1) is 19.8. The molecule has 6 heteroatoms. The first-order valence-electron chi connectivity index (χ1n) is 6.19. The number of carbonyl (C=O) groups excluding carboxylic acids is 1. The fourth-order valence-electron chi connectivity index (χ4n) is 1.38. The molecule has 0 radical (unpaired) electrons. The number of hydrogen-bond acceptors (Lipinski definition) is 4. The number of ether oxygens (including phenoxy) is 1. The lowest BCUT2D eigenvalue weighted by atomic mass is 10.3. The van der Waals surface area contributed by atoms with Crippen LogP contribution in [-0.4, -0.2) is 19.6 Å². The smallest absolute Gasteiger partial charge is 0.302 e. The molecule has 0 amide bonds. The van der Waals surface area contributed by atoms with Gasteiger partial charge in [-0.05, 0) is 30.0 Å². The van der Waals surface area contributed by atoms with Crippen molar-refractivity contribution >= 4 is 47.0 Å². The number of halogens is 2. The number of nitrogens with one attached hydrogen (secondary N) is 1. The largest absolute Gasteiger partial charge is 0.469 e. The summed E-state index contributed by atoms with van der Waals surface area (Å²) in [5.74, 6) is -0.245. The fraction of sp³-hybridized carbons (Fsp3) is 0.267. The lowest BCUT2D eigenvalue weighted by molar-refractivity contribution is -0.137. The van der Waals surface area contributed by atoms with Gasteiger partial charge in [0, 0.05) is 18.3 Å². The maximum Gasteiger partial charge on any atom is 0.302 e. The van der Waals surface area contributed by atoms with Crippen molar-refractivity contribution in [1.82, 2.24) is 0 Å². The van der Waals surface area contributed by atoms with Gasteiger partial charge in [0.25, 0.3) is 0 Å². The molecule has 0 saturated carbocycles. The van der Waals surface area contributed by atoms with Crippen LogP contribution in [0.15, 0.2) is 41.8 Å². The van der Waals surface area contributed by atoms with Gasteiger partial charge in [-0.15, -0.1) is 23.7 Å². The SMILES string of the molecule is COC(C)=O.Cl.Clc1ccccc1NCCc1cccs1. The highest BCUT2D eigenvalue weighted by Crippen LogP contribution is 2.20. The minimum Gasteiger partial charge on any atom is -0.469 e. The zero-order valence-corrected chi connectivity index (χ0v) is 14.4. The molecule has 0 aliphatic rings. The number of hydrogen-bond donors (Lipinski definition) is 1. The molecule has 0 atom stereocenters. The van der Waals surface area contributed by atoms with Gasteiger partial charge in [0.2, 0.25) is 0 Å². The van der Waals surface area contributed by atoms with E-state index >= 15 is 0 Å². The Bertz CT molecular complexity index is 518. The van der Waals surface area contributed by atoms with Crippen LogP contribution in [0.1, 0.15) is 11.8 Å². The van der Waals surface area contributed by atoms with Crippen molar-refractivity contribution in [2.45, 2.75) is 13.3 Å². The number of anilines is 1. The molecule has 116 valence electrons. The summed E-state index contributed by atoms with van der Waals surface area (Å²) < 4.78 is 4.11. The Labute approximate surface area is 140 Å². The minimum absolute atomic E-state index is 0. The quantitative estimate of drug-likeness (QED) is 0.817. The van der Waals surface area contributed by atoms with Crippen molar-refractivity contribution < 1.29 is 9.53 Å². The van der Waals surface area contributed by atoms with Gasteiger partial charge in [0.05, 0.1) is 17.8 Å². The Kier molecular flexibility index (Phi) is 10.8. The molecular formula is C15H19Cl2NO2S. The van der Waals surface area contributed by atoms with Crippen molar-refractivity contribution in [3.8, 4) is 0 Å². The van der Waals surface area contributed by atoms with Crippen LogP contribution in [0, 0.1) is 0 Å². The lowest BCUT2D eigenvalue weighted by Crippen LogP contribution is -2.03. The van der Waals surface area contributed by atoms with E-state index in [0.717, 1.165) is 23.7 Å². The van der Waals surface area contributed by atoms with E-state index in [1.165, 1.54) is 18.9 Å². The molecule has 2 rings (SSSR count). The molecule has 1 aromatic carbocycles. The molecule has 1 N–H and O–H groups in total. The lowest BCUT2D eigenvalue weighted by Gasteiger charge is -2.06. The Balaban J connectivity index is 0.000000583. The predicted octanol–water partition coefficient (Wildman–Crippen LogP) is 4.66. The van der Waals surface area contributed by atoms with Gasteiger partial charge in [-0.2, -0.15) is 0 Å². The third-order valence-corrected chi connectivity index (χ3v) is 3.69. The standard InChI is InChI=1S/C12H12ClNS.C3H6O2.ClH/c13-11-5-1-2-6-12(11)14-8-7-10-4-3-9-15-10;1-3(4)5-2;/h1-6,9,14H,7-8H2;1-2H3;1H. The molecule has 1 heterocycles. The maximum atomic E-state index is 9.59. The second-order valence-electron chi connectivity index (χ2n) is 3.93. The number of benzene rings is 1. The summed E-state index contributed by atoms with van der Waals surface area (Å²) in [6.45, 7) is 2.28. The molecule has 0 aliphatic carbocycles. The van der Waals surface area contributed by atoms with Crippen molar-refractivity contribution in [2.24, 2.45) is 0 Å². The van der Waals surface area contributed by atoms with Gasteiger partial charge in [0.1, 0.15) is 0 Å². The van der Waals surface area contributed by atoms with Crippen molar-refractivity contribution in [3.63, 3.8) is 0 Å². The first-order chi connectivity index (χ1) is 9.63. The van der Waals surface area contributed by atoms with Gasteiger partial charge in [0.15, 0.2) is 0 Å². The molecule has 0 fully saturated rings. The van der Waals surface area contributed by atoms with E-state index in [1.54, 1.807) is 11.3 Å². The number of rotatable bonds is 4. The molecule has 2 aromatic rings. The van der Waals surface area contributed by atoms with E-state index in [2.05, 4.69) is 27.6 Å². The Morgan fingerprint density at radius 2 is 1.95 bits per heavy atom. The molecule has 0 spiro atoms. The monoisotopic (exact) mass is 347 g/mol. The second-order valence-corrected chi connectivity index (χ2v) is 5.37. The van der Waals surface area contributed by atoms with Gasteiger partial charge < -0.3 is 10.1 Å². The summed E-state index contributed by atoms with van der Waals surface area (Å²) in [5.41, 5.74) is 1.01. The van der Waals surface area contributed by atoms with Crippen molar-refractivity contribution in [1.29, 1.82) is 0 Å². The van der Waals surface area contributed by atoms with E-state index in [0.29, 0.717) is 0 Å². The average Bonchev–Trinajstić information content (AvgIpc) is 2.95. The molecule has 0 unspecified atom stereocenters. The van der Waals surface area contributed by atoms with Crippen LogP contribution < -0.4 is 5.32 Å². The number of methoxy groups -OCH3 is 1. The van der Waals surface area contributed by atoms with E-state index < -0.39 is 0 Å². The van der Waals surface area contributed by atoms with Crippen LogP contribution in [0.3, 0.4) is 0 Å². The number of thiophene rings is 1. The van der Waals surface area contributed by atoms with Gasteiger partial charge in [-0.3, -0.25) is 4.79 Å². The first-order valence-corrected chi connectivity index (χ1v) is 7.44. The van der Waals surface area contributed by atoms with Gasteiger partial charge in [-0.1, -0.05) is 29.8 Å². The molecule has 0 bridgehead atoms. The Morgan fingerprint density at radius 3 is 2.48 bits per heavy atom. The number of para-hydroxylation sites is 1. The number of carbonyl (C=O) groups is 1. The Hall–Kier alpha value is -1.23. The third-order valence-electron chi connectivity index (χ3n) is 2.43. The molecule has 1 aromatic heterocycles. The van der Waals surface area contributed by atoms with Gasteiger partial charge >= 0.3 is 5.97 Å². The molecule has 21 heavy (non-hydrogen) atoms. The summed E-state index contributed by atoms with van der Waals surface area (Å²) in [6.07, 6.45) is 1.04. The topological polar surface area (TPSA) is 38.3 Å². The highest BCUT2D eigenvalue weighted by Gasteiger charge is 1.98. The molecule has 0 aliphatic heterocycles.